The Hall–Kier alpha value is -1.96. The predicted molar refractivity (Wildman–Crippen MR) is 91.6 cm³/mol. The third-order valence-corrected chi connectivity index (χ3v) is 5.61. The van der Waals surface area contributed by atoms with Gasteiger partial charge in [0, 0.05) is 7.05 Å². The summed E-state index contributed by atoms with van der Waals surface area (Å²) >= 11 is 11.7. The minimum Gasteiger partial charge on any atom is -0.480 e. The van der Waals surface area contributed by atoms with Crippen molar-refractivity contribution in [2.24, 2.45) is 0 Å². The first kappa shape index (κ1) is 18.4. The average Bonchev–Trinajstić information content (AvgIpc) is 2.54. The molecule has 0 aliphatic rings. The van der Waals surface area contributed by atoms with Crippen LogP contribution in [0.1, 0.15) is 0 Å². The van der Waals surface area contributed by atoms with Gasteiger partial charge in [0.05, 0.1) is 20.6 Å². The summed E-state index contributed by atoms with van der Waals surface area (Å²) in [5.41, 5.74) is 0.199. The van der Waals surface area contributed by atoms with Gasteiger partial charge in [0.1, 0.15) is 5.75 Å². The van der Waals surface area contributed by atoms with Crippen molar-refractivity contribution in [3.05, 3.63) is 52.5 Å². The maximum atomic E-state index is 12.7. The van der Waals surface area contributed by atoms with Gasteiger partial charge in [-0.05, 0) is 30.3 Å². The van der Waals surface area contributed by atoms with Gasteiger partial charge in [0.25, 0.3) is 10.0 Å². The fourth-order valence-corrected chi connectivity index (χ4v) is 3.50. The minimum atomic E-state index is -3.93. The third kappa shape index (κ3) is 3.92. The predicted octanol–water partition coefficient (Wildman–Crippen LogP) is 3.28. The van der Waals surface area contributed by atoms with Crippen LogP contribution in [0.5, 0.6) is 5.75 Å². The van der Waals surface area contributed by atoms with Gasteiger partial charge in [0.2, 0.25) is 0 Å². The smallest absolute Gasteiger partial charge is 0.341 e. The van der Waals surface area contributed by atoms with E-state index in [2.05, 4.69) is 0 Å². The number of para-hydroxylation sites is 2. The zero-order valence-electron chi connectivity index (χ0n) is 12.4. The monoisotopic (exact) mass is 389 g/mol. The Kier molecular flexibility index (Phi) is 5.58. The SMILES string of the molecule is CN(c1ccccc1OCC(=O)O)S(=O)(=O)c1ccc(Cl)c(Cl)c1. The van der Waals surface area contributed by atoms with E-state index in [0.29, 0.717) is 0 Å². The molecule has 0 saturated heterocycles. The van der Waals surface area contributed by atoms with Crippen LogP contribution in [0.25, 0.3) is 0 Å². The van der Waals surface area contributed by atoms with Gasteiger partial charge in [-0.25, -0.2) is 13.2 Å². The molecule has 24 heavy (non-hydrogen) atoms. The summed E-state index contributed by atoms with van der Waals surface area (Å²) < 4.78 is 31.6. The summed E-state index contributed by atoms with van der Waals surface area (Å²) in [7, 11) is -2.60. The minimum absolute atomic E-state index is 0.0487. The first-order valence-electron chi connectivity index (χ1n) is 6.61. The van der Waals surface area contributed by atoms with Crippen molar-refractivity contribution in [2.45, 2.75) is 4.90 Å². The Morgan fingerprint density at radius 2 is 1.83 bits per heavy atom. The molecule has 0 atom stereocenters. The molecule has 9 heteroatoms. The van der Waals surface area contributed by atoms with Crippen molar-refractivity contribution >= 4 is 44.9 Å². The van der Waals surface area contributed by atoms with Crippen LogP contribution in [-0.2, 0) is 14.8 Å². The van der Waals surface area contributed by atoms with Crippen molar-refractivity contribution in [3.63, 3.8) is 0 Å². The molecule has 0 aromatic heterocycles. The number of carbonyl (C=O) groups is 1. The molecule has 6 nitrogen and oxygen atoms in total. The molecule has 2 rings (SSSR count). The number of hydrogen-bond acceptors (Lipinski definition) is 4. The Morgan fingerprint density at radius 3 is 2.46 bits per heavy atom. The Bertz CT molecular complexity index is 870. The van der Waals surface area contributed by atoms with Gasteiger partial charge >= 0.3 is 5.97 Å². The highest BCUT2D eigenvalue weighted by atomic mass is 35.5. The number of nitrogens with zero attached hydrogens (tertiary/aromatic N) is 1. The summed E-state index contributed by atoms with van der Waals surface area (Å²) in [6.07, 6.45) is 0. The van der Waals surface area contributed by atoms with Gasteiger partial charge in [-0.2, -0.15) is 0 Å². The van der Waals surface area contributed by atoms with Gasteiger partial charge in [0.15, 0.2) is 6.61 Å². The van der Waals surface area contributed by atoms with E-state index in [9.17, 15) is 13.2 Å². The van der Waals surface area contributed by atoms with Crippen LogP contribution in [0, 0.1) is 0 Å². The number of carboxylic acid groups (broad SMARTS) is 1. The maximum Gasteiger partial charge on any atom is 0.341 e. The highest BCUT2D eigenvalue weighted by Crippen LogP contribution is 2.32. The van der Waals surface area contributed by atoms with Gasteiger partial charge < -0.3 is 9.84 Å². The topological polar surface area (TPSA) is 83.9 Å². The van der Waals surface area contributed by atoms with E-state index >= 15 is 0 Å². The van der Waals surface area contributed by atoms with Crippen LogP contribution in [0.2, 0.25) is 10.0 Å². The lowest BCUT2D eigenvalue weighted by atomic mass is 10.3. The van der Waals surface area contributed by atoms with E-state index in [-0.39, 0.29) is 26.4 Å². The van der Waals surface area contributed by atoms with Crippen molar-refractivity contribution in [1.82, 2.24) is 0 Å². The molecule has 1 N–H and O–H groups in total. The van der Waals surface area contributed by atoms with Crippen LogP contribution in [0.15, 0.2) is 47.4 Å². The van der Waals surface area contributed by atoms with E-state index in [1.54, 1.807) is 12.1 Å². The zero-order valence-corrected chi connectivity index (χ0v) is 14.8. The van der Waals surface area contributed by atoms with Gasteiger partial charge in [-0.3, -0.25) is 4.31 Å². The number of halogens is 2. The molecule has 0 aliphatic carbocycles. The Balaban J connectivity index is 2.41. The molecule has 128 valence electrons. The lowest BCUT2D eigenvalue weighted by Crippen LogP contribution is -2.27. The number of ether oxygens (including phenoxy) is 1. The van der Waals surface area contributed by atoms with Crippen LogP contribution >= 0.6 is 23.2 Å². The molecule has 2 aromatic carbocycles. The normalized spacial score (nSPS) is 11.1. The van der Waals surface area contributed by atoms with Crippen LogP contribution in [-0.4, -0.2) is 33.1 Å². The van der Waals surface area contributed by atoms with E-state index < -0.39 is 22.6 Å². The standard InChI is InChI=1S/C15H13Cl2NO5S/c1-18(13-4-2-3-5-14(13)23-9-15(19)20)24(21,22)10-6-7-11(16)12(17)8-10/h2-8H,9H2,1H3,(H,19,20). The summed E-state index contributed by atoms with van der Waals surface area (Å²) in [5.74, 6) is -1.04. The molecule has 0 fully saturated rings. The molecule has 0 heterocycles. The van der Waals surface area contributed by atoms with Crippen LogP contribution in [0.4, 0.5) is 5.69 Å². The molecule has 0 radical (unpaired) electrons. The highest BCUT2D eigenvalue weighted by Gasteiger charge is 2.24. The first-order valence-corrected chi connectivity index (χ1v) is 8.80. The number of aliphatic carboxylic acids is 1. The second-order valence-corrected chi connectivity index (χ2v) is 7.48. The largest absolute Gasteiger partial charge is 0.480 e. The summed E-state index contributed by atoms with van der Waals surface area (Å²) in [4.78, 5) is 10.6. The molecule has 0 aliphatic heterocycles. The Morgan fingerprint density at radius 1 is 1.17 bits per heavy atom. The average molecular weight is 390 g/mol. The van der Waals surface area contributed by atoms with Crippen molar-refractivity contribution in [1.29, 1.82) is 0 Å². The van der Waals surface area contributed by atoms with Gasteiger partial charge in [-0.15, -0.1) is 0 Å². The lowest BCUT2D eigenvalue weighted by molar-refractivity contribution is -0.139. The quantitative estimate of drug-likeness (QED) is 0.819. The molecular formula is C15H13Cl2NO5S. The second-order valence-electron chi connectivity index (χ2n) is 4.70. The van der Waals surface area contributed by atoms with Gasteiger partial charge in [-0.1, -0.05) is 35.3 Å². The van der Waals surface area contributed by atoms with Crippen LogP contribution < -0.4 is 9.04 Å². The molecule has 0 unspecified atom stereocenters. The highest BCUT2D eigenvalue weighted by molar-refractivity contribution is 7.92. The number of anilines is 1. The summed E-state index contributed by atoms with van der Waals surface area (Å²) in [6, 6.07) is 10.2. The number of sulfonamides is 1. The van der Waals surface area contributed by atoms with E-state index in [4.69, 9.17) is 33.0 Å². The number of carboxylic acids is 1. The molecule has 0 spiro atoms. The lowest BCUT2D eigenvalue weighted by Gasteiger charge is -2.22. The number of rotatable bonds is 6. The third-order valence-electron chi connectivity index (χ3n) is 3.11. The van der Waals surface area contributed by atoms with E-state index in [1.807, 2.05) is 0 Å². The Labute approximate surface area is 149 Å². The van der Waals surface area contributed by atoms with Crippen molar-refractivity contribution in [2.75, 3.05) is 18.0 Å². The van der Waals surface area contributed by atoms with E-state index in [0.717, 1.165) is 4.31 Å². The zero-order chi connectivity index (χ0) is 17.9. The first-order chi connectivity index (χ1) is 11.2. The maximum absolute atomic E-state index is 12.7. The van der Waals surface area contributed by atoms with Crippen LogP contribution in [0.3, 0.4) is 0 Å². The number of hydrogen-bond donors (Lipinski definition) is 1. The summed E-state index contributed by atoms with van der Waals surface area (Å²) in [5, 5.41) is 9.07. The molecular weight excluding hydrogens is 377 g/mol. The molecule has 0 amide bonds. The number of benzene rings is 2. The second kappa shape index (κ2) is 7.29. The van der Waals surface area contributed by atoms with E-state index in [1.165, 1.54) is 37.4 Å². The fraction of sp³-hybridized carbons (Fsp3) is 0.133. The molecule has 0 bridgehead atoms. The molecule has 2 aromatic rings. The fourth-order valence-electron chi connectivity index (χ4n) is 1.90. The summed E-state index contributed by atoms with van der Waals surface area (Å²) in [6.45, 7) is -0.586. The van der Waals surface area contributed by atoms with Crippen molar-refractivity contribution < 1.29 is 23.1 Å². The van der Waals surface area contributed by atoms with Crippen molar-refractivity contribution in [3.8, 4) is 5.75 Å². The molecule has 0 saturated carbocycles.